The summed E-state index contributed by atoms with van der Waals surface area (Å²) in [6.07, 6.45) is 11.0. The van der Waals surface area contributed by atoms with Crippen molar-refractivity contribution in [3.8, 4) is 17.1 Å². The van der Waals surface area contributed by atoms with Gasteiger partial charge in [0.25, 0.3) is 0 Å². The fourth-order valence-electron chi connectivity index (χ4n) is 2.71. The van der Waals surface area contributed by atoms with E-state index in [2.05, 4.69) is 21.6 Å². The average molecular weight is 380 g/mol. The Bertz CT molecular complexity index is 889. The van der Waals surface area contributed by atoms with Gasteiger partial charge in [-0.25, -0.2) is 9.97 Å². The standard InChI is InChI=1S/C23H22F2N2O/c1-2-3-4-19-15-26-22(27-16-19)20-11-7-17(8-12-20)5-6-18-9-13-21(14-10-18)28-23(24)25/h5-16,23H,2-4H2,1H3/b6-5+. The average Bonchev–Trinajstić information content (AvgIpc) is 2.72. The molecule has 1 aromatic heterocycles. The Balaban J connectivity index is 1.63. The third-order valence-electron chi connectivity index (χ3n) is 4.27. The minimum Gasteiger partial charge on any atom is -0.435 e. The van der Waals surface area contributed by atoms with Gasteiger partial charge in [-0.1, -0.05) is 61.9 Å². The molecule has 0 saturated heterocycles. The van der Waals surface area contributed by atoms with Crippen LogP contribution in [0.15, 0.2) is 60.9 Å². The summed E-state index contributed by atoms with van der Waals surface area (Å²) in [6.45, 7) is -0.640. The van der Waals surface area contributed by atoms with Crippen LogP contribution in [0.4, 0.5) is 8.78 Å². The summed E-state index contributed by atoms with van der Waals surface area (Å²) >= 11 is 0. The highest BCUT2D eigenvalue weighted by atomic mass is 19.3. The number of halogens is 2. The van der Waals surface area contributed by atoms with E-state index in [1.165, 1.54) is 12.1 Å². The molecule has 0 atom stereocenters. The minimum absolute atomic E-state index is 0.150. The molecule has 0 bridgehead atoms. The Morgan fingerprint density at radius 2 is 1.46 bits per heavy atom. The van der Waals surface area contributed by atoms with E-state index in [0.29, 0.717) is 5.82 Å². The van der Waals surface area contributed by atoms with E-state index in [0.717, 1.165) is 41.5 Å². The molecule has 3 rings (SSSR count). The van der Waals surface area contributed by atoms with E-state index < -0.39 is 6.61 Å². The van der Waals surface area contributed by atoms with Gasteiger partial charge in [-0.05, 0) is 41.7 Å². The first-order chi connectivity index (χ1) is 13.6. The van der Waals surface area contributed by atoms with Gasteiger partial charge in [-0.3, -0.25) is 0 Å². The van der Waals surface area contributed by atoms with Crippen molar-refractivity contribution in [3.05, 3.63) is 77.6 Å². The van der Waals surface area contributed by atoms with Gasteiger partial charge in [0.15, 0.2) is 5.82 Å². The van der Waals surface area contributed by atoms with Gasteiger partial charge >= 0.3 is 6.61 Å². The summed E-state index contributed by atoms with van der Waals surface area (Å²) in [4.78, 5) is 8.92. The zero-order chi connectivity index (χ0) is 19.8. The zero-order valence-electron chi connectivity index (χ0n) is 15.7. The monoisotopic (exact) mass is 380 g/mol. The lowest BCUT2D eigenvalue weighted by atomic mass is 10.1. The van der Waals surface area contributed by atoms with Crippen LogP contribution in [0, 0.1) is 0 Å². The van der Waals surface area contributed by atoms with Crippen molar-refractivity contribution in [1.29, 1.82) is 0 Å². The number of aryl methyl sites for hydroxylation is 1. The predicted molar refractivity (Wildman–Crippen MR) is 108 cm³/mol. The van der Waals surface area contributed by atoms with E-state index in [1.54, 1.807) is 12.1 Å². The van der Waals surface area contributed by atoms with E-state index >= 15 is 0 Å². The highest BCUT2D eigenvalue weighted by molar-refractivity contribution is 5.71. The number of benzene rings is 2. The van der Waals surface area contributed by atoms with Crippen molar-refractivity contribution in [1.82, 2.24) is 9.97 Å². The summed E-state index contributed by atoms with van der Waals surface area (Å²) in [5.74, 6) is 0.864. The minimum atomic E-state index is -2.81. The van der Waals surface area contributed by atoms with Crippen LogP contribution in [0.25, 0.3) is 23.5 Å². The fourth-order valence-corrected chi connectivity index (χ4v) is 2.71. The van der Waals surface area contributed by atoms with Crippen molar-refractivity contribution in [2.45, 2.75) is 32.8 Å². The Morgan fingerprint density at radius 1 is 0.893 bits per heavy atom. The molecule has 0 aliphatic heterocycles. The molecule has 1 heterocycles. The molecule has 0 saturated carbocycles. The highest BCUT2D eigenvalue weighted by Crippen LogP contribution is 2.19. The normalized spacial score (nSPS) is 11.3. The first kappa shape index (κ1) is 19.7. The molecule has 0 radical (unpaired) electrons. The van der Waals surface area contributed by atoms with Gasteiger partial charge in [0.2, 0.25) is 0 Å². The lowest BCUT2D eigenvalue weighted by Gasteiger charge is -2.04. The van der Waals surface area contributed by atoms with E-state index in [-0.39, 0.29) is 5.75 Å². The third kappa shape index (κ3) is 5.71. The molecule has 144 valence electrons. The smallest absolute Gasteiger partial charge is 0.387 e. The molecule has 3 nitrogen and oxygen atoms in total. The lowest BCUT2D eigenvalue weighted by Crippen LogP contribution is -2.01. The summed E-state index contributed by atoms with van der Waals surface area (Å²) in [6, 6.07) is 14.5. The molecule has 28 heavy (non-hydrogen) atoms. The molecular formula is C23H22F2N2O. The van der Waals surface area contributed by atoms with Gasteiger partial charge < -0.3 is 4.74 Å². The summed E-state index contributed by atoms with van der Waals surface area (Å²) in [5.41, 5.74) is 4.05. The molecule has 5 heteroatoms. The van der Waals surface area contributed by atoms with Crippen LogP contribution < -0.4 is 4.74 Å². The summed E-state index contributed by atoms with van der Waals surface area (Å²) in [5, 5.41) is 0. The van der Waals surface area contributed by atoms with Crippen molar-refractivity contribution in [2.75, 3.05) is 0 Å². The van der Waals surface area contributed by atoms with Gasteiger partial charge in [-0.15, -0.1) is 0 Å². The molecule has 0 aliphatic carbocycles. The van der Waals surface area contributed by atoms with Crippen LogP contribution >= 0.6 is 0 Å². The molecule has 0 N–H and O–H groups in total. The summed E-state index contributed by atoms with van der Waals surface area (Å²) < 4.78 is 28.7. The van der Waals surface area contributed by atoms with Crippen LogP contribution in [-0.2, 0) is 6.42 Å². The molecule has 3 aromatic rings. The van der Waals surface area contributed by atoms with Gasteiger partial charge in [0.1, 0.15) is 5.75 Å². The van der Waals surface area contributed by atoms with Crippen LogP contribution in [0.2, 0.25) is 0 Å². The Kier molecular flexibility index (Phi) is 6.84. The quantitative estimate of drug-likeness (QED) is 0.433. The zero-order valence-corrected chi connectivity index (χ0v) is 15.7. The lowest BCUT2D eigenvalue weighted by molar-refractivity contribution is -0.0498. The molecule has 0 fully saturated rings. The number of ether oxygens (including phenoxy) is 1. The van der Waals surface area contributed by atoms with E-state index in [9.17, 15) is 8.78 Å². The highest BCUT2D eigenvalue weighted by Gasteiger charge is 2.03. The number of rotatable bonds is 8. The molecule has 0 spiro atoms. The largest absolute Gasteiger partial charge is 0.435 e. The Morgan fingerprint density at radius 3 is 2.00 bits per heavy atom. The molecule has 0 aliphatic rings. The molecule has 2 aromatic carbocycles. The van der Waals surface area contributed by atoms with Crippen molar-refractivity contribution < 1.29 is 13.5 Å². The van der Waals surface area contributed by atoms with Crippen molar-refractivity contribution in [3.63, 3.8) is 0 Å². The number of hydrogen-bond acceptors (Lipinski definition) is 3. The fraction of sp³-hybridized carbons (Fsp3) is 0.217. The van der Waals surface area contributed by atoms with E-state index in [4.69, 9.17) is 0 Å². The molecule has 0 amide bonds. The number of alkyl halides is 2. The SMILES string of the molecule is CCCCc1cnc(-c2ccc(/C=C/c3ccc(OC(F)F)cc3)cc2)nc1. The Labute approximate surface area is 163 Å². The number of hydrogen-bond donors (Lipinski definition) is 0. The van der Waals surface area contributed by atoms with Gasteiger partial charge in [-0.2, -0.15) is 8.78 Å². The van der Waals surface area contributed by atoms with Crippen molar-refractivity contribution >= 4 is 12.2 Å². The predicted octanol–water partition coefficient (Wildman–Crippen LogP) is 6.26. The van der Waals surface area contributed by atoms with Crippen LogP contribution in [0.1, 0.15) is 36.5 Å². The van der Waals surface area contributed by atoms with E-state index in [1.807, 2.05) is 48.8 Å². The van der Waals surface area contributed by atoms with Crippen LogP contribution in [-0.4, -0.2) is 16.6 Å². The first-order valence-corrected chi connectivity index (χ1v) is 9.28. The maximum Gasteiger partial charge on any atom is 0.387 e. The maximum atomic E-state index is 12.2. The second kappa shape index (κ2) is 9.74. The Hall–Kier alpha value is -3.08. The number of aromatic nitrogens is 2. The molecule has 0 unspecified atom stereocenters. The second-order valence-corrected chi connectivity index (χ2v) is 6.42. The van der Waals surface area contributed by atoms with Crippen LogP contribution in [0.5, 0.6) is 5.75 Å². The molecular weight excluding hydrogens is 358 g/mol. The van der Waals surface area contributed by atoms with Gasteiger partial charge in [0.05, 0.1) is 0 Å². The van der Waals surface area contributed by atoms with Crippen LogP contribution in [0.3, 0.4) is 0 Å². The number of unbranched alkanes of at least 4 members (excludes halogenated alkanes) is 1. The van der Waals surface area contributed by atoms with Crippen molar-refractivity contribution in [2.24, 2.45) is 0 Å². The summed E-state index contributed by atoms with van der Waals surface area (Å²) in [7, 11) is 0. The maximum absolute atomic E-state index is 12.2. The second-order valence-electron chi connectivity index (χ2n) is 6.42. The number of nitrogens with zero attached hydrogens (tertiary/aromatic N) is 2. The van der Waals surface area contributed by atoms with Gasteiger partial charge in [0, 0.05) is 18.0 Å². The first-order valence-electron chi connectivity index (χ1n) is 9.28. The topological polar surface area (TPSA) is 35.0 Å². The third-order valence-corrected chi connectivity index (χ3v) is 4.27.